The molecule has 0 bridgehead atoms. The SMILES string of the molecule is CCOc1ccc(S(=O)(=O)N(CC(=O)N(Cc2ccccc2F)[C@@H](Cc2ccccc2)C(=O)NC(C)(C)C)c2ccc(F)cc2)cc1. The molecule has 8 nitrogen and oxygen atoms in total. The van der Waals surface area contributed by atoms with Crippen LogP contribution in [-0.2, 0) is 32.6 Å². The van der Waals surface area contributed by atoms with Gasteiger partial charge in [0.25, 0.3) is 10.0 Å². The highest BCUT2D eigenvalue weighted by Gasteiger charge is 2.36. The summed E-state index contributed by atoms with van der Waals surface area (Å²) in [5.41, 5.74) is 0.240. The quantitative estimate of drug-likeness (QED) is 0.186. The number of anilines is 1. The van der Waals surface area contributed by atoms with Crippen molar-refractivity contribution >= 4 is 27.5 Å². The van der Waals surface area contributed by atoms with Gasteiger partial charge in [0, 0.05) is 24.1 Å². The predicted molar refractivity (Wildman–Crippen MR) is 177 cm³/mol. The lowest BCUT2D eigenvalue weighted by atomic mass is 10.0. The van der Waals surface area contributed by atoms with Gasteiger partial charge in [-0.2, -0.15) is 0 Å². The first kappa shape index (κ1) is 35.1. The first-order chi connectivity index (χ1) is 22.3. The topological polar surface area (TPSA) is 96.0 Å². The molecular formula is C36H39F2N3O5S. The maximum absolute atomic E-state index is 15.0. The van der Waals surface area contributed by atoms with Gasteiger partial charge in [0.05, 0.1) is 17.2 Å². The molecule has 0 saturated carbocycles. The van der Waals surface area contributed by atoms with E-state index in [4.69, 9.17) is 4.74 Å². The Hall–Kier alpha value is -4.77. The Labute approximate surface area is 275 Å². The standard InChI is InChI=1S/C36H39F2N3O5S/c1-5-46-30-19-21-31(22-20-30)47(44,45)41(29-17-15-28(37)16-18-29)25-34(42)40(24-27-13-9-10-14-32(27)38)33(35(43)39-36(2,3)4)23-26-11-7-6-8-12-26/h6-22,33H,5,23-25H2,1-4H3,(H,39,43)/t33-/m0/s1. The number of hydrogen-bond donors (Lipinski definition) is 1. The molecule has 4 rings (SSSR count). The number of benzene rings is 4. The van der Waals surface area contributed by atoms with Crippen LogP contribution < -0.4 is 14.4 Å². The number of carbonyl (C=O) groups is 2. The lowest BCUT2D eigenvalue weighted by Crippen LogP contribution is -2.56. The number of ether oxygens (including phenoxy) is 1. The van der Waals surface area contributed by atoms with Gasteiger partial charge in [0.1, 0.15) is 30.0 Å². The molecule has 0 spiro atoms. The molecule has 1 atom stereocenters. The number of sulfonamides is 1. The molecule has 4 aromatic rings. The summed E-state index contributed by atoms with van der Waals surface area (Å²) in [5.74, 6) is -1.98. The minimum absolute atomic E-state index is 0.0261. The van der Waals surface area contributed by atoms with Crippen LogP contribution in [0.2, 0.25) is 0 Å². The first-order valence-corrected chi connectivity index (χ1v) is 16.6. The number of carbonyl (C=O) groups excluding carboxylic acids is 2. The minimum atomic E-state index is -4.41. The van der Waals surface area contributed by atoms with E-state index >= 15 is 4.39 Å². The van der Waals surface area contributed by atoms with Crippen LogP contribution >= 0.6 is 0 Å². The van der Waals surface area contributed by atoms with Crippen molar-refractivity contribution in [1.29, 1.82) is 0 Å². The third-order valence-electron chi connectivity index (χ3n) is 7.18. The minimum Gasteiger partial charge on any atom is -0.494 e. The summed E-state index contributed by atoms with van der Waals surface area (Å²) in [7, 11) is -4.41. The van der Waals surface area contributed by atoms with E-state index in [0.29, 0.717) is 12.4 Å². The zero-order valence-electron chi connectivity index (χ0n) is 26.8. The Morgan fingerprint density at radius 1 is 0.851 bits per heavy atom. The van der Waals surface area contributed by atoms with Crippen molar-refractivity contribution in [1.82, 2.24) is 10.2 Å². The molecule has 0 aliphatic rings. The lowest BCUT2D eigenvalue weighted by molar-refractivity contribution is -0.140. The van der Waals surface area contributed by atoms with E-state index in [1.54, 1.807) is 45.9 Å². The number of amides is 2. The smallest absolute Gasteiger partial charge is 0.264 e. The fourth-order valence-corrected chi connectivity index (χ4v) is 6.37. The van der Waals surface area contributed by atoms with Crippen LogP contribution in [0.25, 0.3) is 0 Å². The van der Waals surface area contributed by atoms with Gasteiger partial charge < -0.3 is 15.0 Å². The summed E-state index contributed by atoms with van der Waals surface area (Å²) in [5, 5.41) is 2.93. The summed E-state index contributed by atoms with van der Waals surface area (Å²) in [4.78, 5) is 29.4. The van der Waals surface area contributed by atoms with Crippen molar-refractivity contribution in [2.75, 3.05) is 17.5 Å². The number of rotatable bonds is 13. The van der Waals surface area contributed by atoms with E-state index in [-0.39, 0.29) is 29.1 Å². The highest BCUT2D eigenvalue weighted by Crippen LogP contribution is 2.27. The molecule has 0 unspecified atom stereocenters. The van der Waals surface area contributed by atoms with Gasteiger partial charge in [-0.05, 0) is 87.9 Å². The Balaban J connectivity index is 1.81. The number of hydrogen-bond acceptors (Lipinski definition) is 5. The summed E-state index contributed by atoms with van der Waals surface area (Å²) in [6.45, 7) is 6.50. The second kappa shape index (κ2) is 15.2. The Morgan fingerprint density at radius 2 is 1.47 bits per heavy atom. The molecule has 1 N–H and O–H groups in total. The molecule has 4 aromatic carbocycles. The summed E-state index contributed by atoms with van der Waals surface area (Å²) in [6, 6.07) is 24.2. The normalized spacial score (nSPS) is 12.2. The van der Waals surface area contributed by atoms with E-state index in [1.807, 2.05) is 18.2 Å². The van der Waals surface area contributed by atoms with E-state index in [2.05, 4.69) is 5.32 Å². The van der Waals surface area contributed by atoms with Crippen molar-refractivity contribution in [3.8, 4) is 5.75 Å². The molecule has 0 saturated heterocycles. The van der Waals surface area contributed by atoms with E-state index < -0.39 is 51.6 Å². The van der Waals surface area contributed by atoms with Crippen LogP contribution in [0, 0.1) is 11.6 Å². The van der Waals surface area contributed by atoms with Gasteiger partial charge in [0.2, 0.25) is 11.8 Å². The van der Waals surface area contributed by atoms with Gasteiger partial charge in [-0.15, -0.1) is 0 Å². The zero-order valence-corrected chi connectivity index (χ0v) is 27.6. The number of nitrogens with one attached hydrogen (secondary N) is 1. The Morgan fingerprint density at radius 3 is 2.06 bits per heavy atom. The monoisotopic (exact) mass is 663 g/mol. The maximum Gasteiger partial charge on any atom is 0.264 e. The fourth-order valence-electron chi connectivity index (χ4n) is 4.95. The third-order valence-corrected chi connectivity index (χ3v) is 8.97. The second-order valence-electron chi connectivity index (χ2n) is 12.0. The molecule has 11 heteroatoms. The van der Waals surface area contributed by atoms with E-state index in [0.717, 1.165) is 22.0 Å². The first-order valence-electron chi connectivity index (χ1n) is 15.2. The fraction of sp³-hybridized carbons (Fsp3) is 0.278. The molecule has 0 radical (unpaired) electrons. The van der Waals surface area contributed by atoms with Crippen molar-refractivity contribution in [3.05, 3.63) is 126 Å². The van der Waals surface area contributed by atoms with Crippen molar-refractivity contribution in [2.45, 2.75) is 57.1 Å². The molecule has 0 fully saturated rings. The lowest BCUT2D eigenvalue weighted by Gasteiger charge is -2.35. The Kier molecular flexibility index (Phi) is 11.4. The average Bonchev–Trinajstić information content (AvgIpc) is 3.03. The number of nitrogens with zero attached hydrogens (tertiary/aromatic N) is 2. The second-order valence-corrected chi connectivity index (χ2v) is 13.8. The van der Waals surface area contributed by atoms with Crippen LogP contribution in [0.5, 0.6) is 5.75 Å². The van der Waals surface area contributed by atoms with Gasteiger partial charge in [-0.1, -0.05) is 48.5 Å². The van der Waals surface area contributed by atoms with Crippen LogP contribution in [0.1, 0.15) is 38.8 Å². The van der Waals surface area contributed by atoms with E-state index in [1.165, 1.54) is 59.5 Å². The number of halogens is 2. The third kappa shape index (κ3) is 9.38. The summed E-state index contributed by atoms with van der Waals surface area (Å²) < 4.78 is 63.6. The van der Waals surface area contributed by atoms with Crippen LogP contribution in [0.15, 0.2) is 108 Å². The van der Waals surface area contributed by atoms with Crippen molar-refractivity contribution in [3.63, 3.8) is 0 Å². The molecule has 0 aliphatic carbocycles. The van der Waals surface area contributed by atoms with Gasteiger partial charge >= 0.3 is 0 Å². The van der Waals surface area contributed by atoms with Crippen LogP contribution in [-0.4, -0.2) is 49.9 Å². The largest absolute Gasteiger partial charge is 0.494 e. The van der Waals surface area contributed by atoms with Gasteiger partial charge in [0.15, 0.2) is 0 Å². The van der Waals surface area contributed by atoms with Gasteiger partial charge in [-0.3, -0.25) is 13.9 Å². The van der Waals surface area contributed by atoms with Crippen LogP contribution in [0.4, 0.5) is 14.5 Å². The van der Waals surface area contributed by atoms with Crippen molar-refractivity contribution < 1.29 is 31.5 Å². The molecular weight excluding hydrogens is 624 g/mol. The molecule has 0 aromatic heterocycles. The molecule has 0 heterocycles. The molecule has 0 aliphatic heterocycles. The molecule has 248 valence electrons. The summed E-state index contributed by atoms with van der Waals surface area (Å²) in [6.07, 6.45) is 0.0745. The average molecular weight is 664 g/mol. The van der Waals surface area contributed by atoms with Crippen LogP contribution in [0.3, 0.4) is 0 Å². The summed E-state index contributed by atoms with van der Waals surface area (Å²) >= 11 is 0. The maximum atomic E-state index is 15.0. The molecule has 47 heavy (non-hydrogen) atoms. The van der Waals surface area contributed by atoms with Crippen molar-refractivity contribution in [2.24, 2.45) is 0 Å². The van der Waals surface area contributed by atoms with Gasteiger partial charge in [-0.25, -0.2) is 17.2 Å². The Bertz CT molecular complexity index is 1760. The van der Waals surface area contributed by atoms with E-state index in [9.17, 15) is 22.4 Å². The highest BCUT2D eigenvalue weighted by molar-refractivity contribution is 7.92. The highest BCUT2D eigenvalue weighted by atomic mass is 32.2. The molecule has 2 amide bonds. The predicted octanol–water partition coefficient (Wildman–Crippen LogP) is 6.11. The zero-order chi connectivity index (χ0) is 34.2.